The van der Waals surface area contributed by atoms with Crippen molar-refractivity contribution in [3.63, 3.8) is 0 Å². The van der Waals surface area contributed by atoms with Gasteiger partial charge in [-0.3, -0.25) is 0 Å². The van der Waals surface area contributed by atoms with Crippen LogP contribution >= 0.6 is 0 Å². The molecule has 2 rings (SSSR count). The summed E-state index contributed by atoms with van der Waals surface area (Å²) >= 11 is 0. The Morgan fingerprint density at radius 3 is 2.53 bits per heavy atom. The van der Waals surface area contributed by atoms with Crippen LogP contribution in [-0.2, 0) is 5.41 Å². The standard InChI is InChI=1S/C16H26N2O/c1-16(2,3)12-9-10-15(18-11-12)19-14-8-6-4-5-7-13(14)17/h9-11,13-14H,4-8,17H2,1-3H3. The van der Waals surface area contributed by atoms with Crippen LogP contribution in [0.3, 0.4) is 0 Å². The van der Waals surface area contributed by atoms with Crippen molar-refractivity contribution in [2.45, 2.75) is 70.4 Å². The van der Waals surface area contributed by atoms with E-state index >= 15 is 0 Å². The van der Waals surface area contributed by atoms with Crippen LogP contribution < -0.4 is 10.5 Å². The Bertz CT molecular complexity index is 394. The number of aromatic nitrogens is 1. The molecule has 0 aromatic carbocycles. The molecule has 1 fully saturated rings. The van der Waals surface area contributed by atoms with Gasteiger partial charge in [-0.05, 0) is 30.2 Å². The normalized spacial score (nSPS) is 24.8. The molecule has 0 amide bonds. The minimum absolute atomic E-state index is 0.121. The Morgan fingerprint density at radius 2 is 1.89 bits per heavy atom. The highest BCUT2D eigenvalue weighted by Gasteiger charge is 2.22. The van der Waals surface area contributed by atoms with Gasteiger partial charge >= 0.3 is 0 Å². The number of nitrogens with zero attached hydrogens (tertiary/aromatic N) is 1. The Labute approximate surface area is 116 Å². The summed E-state index contributed by atoms with van der Waals surface area (Å²) in [7, 11) is 0. The molecule has 1 saturated carbocycles. The van der Waals surface area contributed by atoms with Gasteiger partial charge in [0.1, 0.15) is 6.10 Å². The molecule has 0 aliphatic heterocycles. The maximum absolute atomic E-state index is 6.17. The van der Waals surface area contributed by atoms with Crippen LogP contribution in [0.5, 0.6) is 5.88 Å². The molecule has 106 valence electrons. The van der Waals surface area contributed by atoms with Crippen molar-refractivity contribution < 1.29 is 4.74 Å². The van der Waals surface area contributed by atoms with Gasteiger partial charge in [-0.25, -0.2) is 4.98 Å². The molecule has 0 spiro atoms. The fourth-order valence-corrected chi connectivity index (χ4v) is 2.50. The van der Waals surface area contributed by atoms with Crippen LogP contribution in [0.1, 0.15) is 58.4 Å². The van der Waals surface area contributed by atoms with Crippen molar-refractivity contribution in [3.8, 4) is 5.88 Å². The van der Waals surface area contributed by atoms with E-state index in [1.165, 1.54) is 24.8 Å². The molecule has 1 aliphatic rings. The Kier molecular flexibility index (Phi) is 4.46. The molecule has 1 aromatic rings. The second-order valence-corrected chi connectivity index (χ2v) is 6.59. The maximum atomic E-state index is 6.17. The summed E-state index contributed by atoms with van der Waals surface area (Å²) in [6.07, 6.45) is 7.84. The minimum atomic E-state index is 0.121. The van der Waals surface area contributed by atoms with Crippen LogP contribution in [0.2, 0.25) is 0 Å². The zero-order valence-electron chi connectivity index (χ0n) is 12.4. The summed E-state index contributed by atoms with van der Waals surface area (Å²) in [5, 5.41) is 0. The second kappa shape index (κ2) is 5.91. The first-order valence-corrected chi connectivity index (χ1v) is 7.35. The fourth-order valence-electron chi connectivity index (χ4n) is 2.50. The van der Waals surface area contributed by atoms with E-state index in [0.717, 1.165) is 12.8 Å². The summed E-state index contributed by atoms with van der Waals surface area (Å²) in [5.41, 5.74) is 7.53. The highest BCUT2D eigenvalue weighted by atomic mass is 16.5. The lowest BCUT2D eigenvalue weighted by Gasteiger charge is -2.23. The number of pyridine rings is 1. The smallest absolute Gasteiger partial charge is 0.213 e. The van der Waals surface area contributed by atoms with E-state index < -0.39 is 0 Å². The van der Waals surface area contributed by atoms with Crippen molar-refractivity contribution in [2.75, 3.05) is 0 Å². The van der Waals surface area contributed by atoms with Crippen LogP contribution in [-0.4, -0.2) is 17.1 Å². The first-order valence-electron chi connectivity index (χ1n) is 7.35. The van der Waals surface area contributed by atoms with E-state index in [1.54, 1.807) is 0 Å². The highest BCUT2D eigenvalue weighted by Crippen LogP contribution is 2.24. The molecule has 1 heterocycles. The molecule has 3 heteroatoms. The number of hydrogen-bond donors (Lipinski definition) is 1. The molecule has 2 unspecified atom stereocenters. The topological polar surface area (TPSA) is 48.1 Å². The van der Waals surface area contributed by atoms with E-state index in [9.17, 15) is 0 Å². The summed E-state index contributed by atoms with van der Waals surface area (Å²) < 4.78 is 5.98. The van der Waals surface area contributed by atoms with Crippen LogP contribution in [0.25, 0.3) is 0 Å². The highest BCUT2D eigenvalue weighted by molar-refractivity contribution is 5.23. The molecule has 1 aliphatic carbocycles. The Balaban J connectivity index is 2.02. The monoisotopic (exact) mass is 262 g/mol. The minimum Gasteiger partial charge on any atom is -0.473 e. The van der Waals surface area contributed by atoms with E-state index in [2.05, 4.69) is 31.8 Å². The van der Waals surface area contributed by atoms with Gasteiger partial charge in [-0.2, -0.15) is 0 Å². The largest absolute Gasteiger partial charge is 0.473 e. The van der Waals surface area contributed by atoms with Gasteiger partial charge in [-0.15, -0.1) is 0 Å². The number of ether oxygens (including phenoxy) is 1. The zero-order valence-corrected chi connectivity index (χ0v) is 12.4. The third kappa shape index (κ3) is 3.93. The predicted octanol–water partition coefficient (Wildman–Crippen LogP) is 3.42. The van der Waals surface area contributed by atoms with Crippen LogP contribution in [0, 0.1) is 0 Å². The average molecular weight is 262 g/mol. The molecular weight excluding hydrogens is 236 g/mol. The zero-order chi connectivity index (χ0) is 13.9. The van der Waals surface area contributed by atoms with E-state index in [-0.39, 0.29) is 17.6 Å². The first kappa shape index (κ1) is 14.3. The summed E-state index contributed by atoms with van der Waals surface area (Å²) in [5.74, 6) is 0.704. The summed E-state index contributed by atoms with van der Waals surface area (Å²) in [6, 6.07) is 4.22. The van der Waals surface area contributed by atoms with Gasteiger partial charge in [0.25, 0.3) is 0 Å². The molecule has 2 atom stereocenters. The third-order valence-electron chi connectivity index (χ3n) is 3.88. The van der Waals surface area contributed by atoms with Crippen molar-refractivity contribution in [2.24, 2.45) is 5.73 Å². The Morgan fingerprint density at radius 1 is 1.16 bits per heavy atom. The average Bonchev–Trinajstić information content (AvgIpc) is 2.55. The third-order valence-corrected chi connectivity index (χ3v) is 3.88. The molecule has 1 aromatic heterocycles. The molecule has 2 N–H and O–H groups in total. The molecule has 0 saturated heterocycles. The van der Waals surface area contributed by atoms with Crippen molar-refractivity contribution >= 4 is 0 Å². The van der Waals surface area contributed by atoms with E-state index in [0.29, 0.717) is 5.88 Å². The number of nitrogens with two attached hydrogens (primary N) is 1. The second-order valence-electron chi connectivity index (χ2n) is 6.59. The molecular formula is C16H26N2O. The predicted molar refractivity (Wildman–Crippen MR) is 78.4 cm³/mol. The molecule has 0 bridgehead atoms. The van der Waals surface area contributed by atoms with Gasteiger partial charge in [0.2, 0.25) is 5.88 Å². The Hall–Kier alpha value is -1.09. The van der Waals surface area contributed by atoms with Crippen molar-refractivity contribution in [1.82, 2.24) is 4.98 Å². The fraction of sp³-hybridized carbons (Fsp3) is 0.688. The lowest BCUT2D eigenvalue weighted by Crippen LogP contribution is -2.38. The lowest BCUT2D eigenvalue weighted by molar-refractivity contribution is 0.156. The van der Waals surface area contributed by atoms with E-state index in [1.807, 2.05) is 12.3 Å². The van der Waals surface area contributed by atoms with Gasteiger partial charge < -0.3 is 10.5 Å². The lowest BCUT2D eigenvalue weighted by atomic mass is 9.88. The van der Waals surface area contributed by atoms with Gasteiger partial charge in [0.15, 0.2) is 0 Å². The molecule has 3 nitrogen and oxygen atoms in total. The molecule has 19 heavy (non-hydrogen) atoms. The SMILES string of the molecule is CC(C)(C)c1ccc(OC2CCCCCC2N)nc1. The summed E-state index contributed by atoms with van der Waals surface area (Å²) in [4.78, 5) is 4.43. The van der Waals surface area contributed by atoms with Gasteiger partial charge in [0, 0.05) is 18.3 Å². The van der Waals surface area contributed by atoms with Crippen LogP contribution in [0.15, 0.2) is 18.3 Å². The van der Waals surface area contributed by atoms with Crippen LogP contribution in [0.4, 0.5) is 0 Å². The van der Waals surface area contributed by atoms with Gasteiger partial charge in [0.05, 0.1) is 0 Å². The summed E-state index contributed by atoms with van der Waals surface area (Å²) in [6.45, 7) is 6.56. The van der Waals surface area contributed by atoms with Gasteiger partial charge in [-0.1, -0.05) is 39.7 Å². The van der Waals surface area contributed by atoms with E-state index in [4.69, 9.17) is 10.5 Å². The van der Waals surface area contributed by atoms with Crippen molar-refractivity contribution in [1.29, 1.82) is 0 Å². The maximum Gasteiger partial charge on any atom is 0.213 e. The number of rotatable bonds is 2. The number of hydrogen-bond acceptors (Lipinski definition) is 3. The van der Waals surface area contributed by atoms with Crippen molar-refractivity contribution in [3.05, 3.63) is 23.9 Å². The quantitative estimate of drug-likeness (QED) is 0.831. The molecule has 0 radical (unpaired) electrons. The first-order chi connectivity index (χ1) is 8.97.